The molecule has 0 aliphatic heterocycles. The van der Waals surface area contributed by atoms with Gasteiger partial charge in [-0.15, -0.1) is 0 Å². The van der Waals surface area contributed by atoms with Crippen molar-refractivity contribution in [1.82, 2.24) is 19.9 Å². The molecule has 234 valence electrons. The molecule has 0 bridgehead atoms. The Morgan fingerprint density at radius 2 is 0.760 bits per heavy atom. The van der Waals surface area contributed by atoms with Crippen molar-refractivity contribution in [3.8, 4) is 56.4 Å². The Bertz CT molecular complexity index is 2880. The standard InChI is InChI=1S/C44H26N4O2/c1-3-15-27(16-4-1)37-41-39(33-23-11-13-25-35(33)49-41)48-44(45-37)32-22-10-8-20-30(32)29-19-7-9-21-31(29)38-42-40(34-24-12-14-26-36(34)50-42)47-43(46-38)28-17-5-2-6-18-28/h1-26H. The monoisotopic (exact) mass is 642 g/mol. The molecular formula is C44H26N4O2. The lowest BCUT2D eigenvalue weighted by atomic mass is 9.93. The van der Waals surface area contributed by atoms with E-state index in [4.69, 9.17) is 28.8 Å². The Balaban J connectivity index is 1.24. The summed E-state index contributed by atoms with van der Waals surface area (Å²) in [5, 5.41) is 1.90. The van der Waals surface area contributed by atoms with Crippen molar-refractivity contribution in [3.05, 3.63) is 158 Å². The van der Waals surface area contributed by atoms with Crippen LogP contribution < -0.4 is 0 Å². The number of furan rings is 2. The van der Waals surface area contributed by atoms with Crippen LogP contribution in [0.15, 0.2) is 167 Å². The normalized spacial score (nSPS) is 11.6. The van der Waals surface area contributed by atoms with Crippen molar-refractivity contribution in [2.45, 2.75) is 0 Å². The van der Waals surface area contributed by atoms with Crippen molar-refractivity contribution in [1.29, 1.82) is 0 Å². The Morgan fingerprint density at radius 1 is 0.320 bits per heavy atom. The summed E-state index contributed by atoms with van der Waals surface area (Å²) in [6.45, 7) is 0. The molecule has 50 heavy (non-hydrogen) atoms. The molecule has 0 N–H and O–H groups in total. The van der Waals surface area contributed by atoms with Gasteiger partial charge in [-0.3, -0.25) is 0 Å². The Morgan fingerprint density at radius 3 is 1.40 bits per heavy atom. The highest BCUT2D eigenvalue weighted by Gasteiger charge is 2.23. The molecule has 0 fully saturated rings. The van der Waals surface area contributed by atoms with Crippen molar-refractivity contribution in [2.24, 2.45) is 0 Å². The number of fused-ring (bicyclic) bond motifs is 6. The van der Waals surface area contributed by atoms with Crippen LogP contribution in [0.5, 0.6) is 0 Å². The summed E-state index contributed by atoms with van der Waals surface area (Å²) in [7, 11) is 0. The van der Waals surface area contributed by atoms with Gasteiger partial charge < -0.3 is 8.83 Å². The highest BCUT2D eigenvalue weighted by atomic mass is 16.3. The van der Waals surface area contributed by atoms with Crippen LogP contribution in [0, 0.1) is 0 Å². The molecule has 0 spiro atoms. The summed E-state index contributed by atoms with van der Waals surface area (Å²) < 4.78 is 12.9. The second-order valence-electron chi connectivity index (χ2n) is 12.2. The molecule has 6 nitrogen and oxygen atoms in total. The van der Waals surface area contributed by atoms with Crippen LogP contribution in [0.4, 0.5) is 0 Å². The van der Waals surface area contributed by atoms with Gasteiger partial charge in [-0.05, 0) is 35.4 Å². The van der Waals surface area contributed by atoms with E-state index < -0.39 is 0 Å². The summed E-state index contributed by atoms with van der Waals surface area (Å²) >= 11 is 0. The maximum Gasteiger partial charge on any atom is 0.180 e. The summed E-state index contributed by atoms with van der Waals surface area (Å²) in [5.74, 6) is 1.24. The number of rotatable bonds is 5. The molecule has 0 radical (unpaired) electrons. The lowest BCUT2D eigenvalue weighted by Gasteiger charge is -2.15. The van der Waals surface area contributed by atoms with Crippen LogP contribution in [-0.2, 0) is 0 Å². The van der Waals surface area contributed by atoms with Crippen LogP contribution >= 0.6 is 0 Å². The fourth-order valence-electron chi connectivity index (χ4n) is 6.83. The number of aromatic nitrogens is 4. The van der Waals surface area contributed by atoms with Crippen LogP contribution in [0.2, 0.25) is 0 Å². The van der Waals surface area contributed by atoms with Crippen LogP contribution in [0.3, 0.4) is 0 Å². The topological polar surface area (TPSA) is 77.8 Å². The summed E-state index contributed by atoms with van der Waals surface area (Å²) in [6.07, 6.45) is 0. The van der Waals surface area contributed by atoms with Crippen LogP contribution in [0.1, 0.15) is 0 Å². The SMILES string of the molecule is c1ccc(-c2nc(-c3ccccc3-c3ccccc3-c3nc(-c4ccccc4)c4oc5ccccc5c4n3)c3oc4ccccc4c3n2)cc1. The fourth-order valence-corrected chi connectivity index (χ4v) is 6.83. The van der Waals surface area contributed by atoms with Gasteiger partial charge in [0.05, 0.1) is 0 Å². The number of nitrogens with zero attached hydrogens (tertiary/aromatic N) is 4. The molecule has 6 aromatic carbocycles. The second kappa shape index (κ2) is 11.4. The number of para-hydroxylation sites is 2. The van der Waals surface area contributed by atoms with E-state index in [0.29, 0.717) is 22.8 Å². The number of benzene rings is 6. The van der Waals surface area contributed by atoms with Gasteiger partial charge in [0, 0.05) is 33.0 Å². The highest BCUT2D eigenvalue weighted by molar-refractivity contribution is 6.09. The molecule has 0 aliphatic rings. The summed E-state index contributed by atoms with van der Waals surface area (Å²) in [5.41, 5.74) is 11.5. The van der Waals surface area contributed by atoms with Gasteiger partial charge in [-0.25, -0.2) is 19.9 Å². The minimum atomic E-state index is 0.606. The van der Waals surface area contributed by atoms with E-state index in [2.05, 4.69) is 36.4 Å². The second-order valence-corrected chi connectivity index (χ2v) is 12.2. The zero-order valence-corrected chi connectivity index (χ0v) is 26.6. The third-order valence-electron chi connectivity index (χ3n) is 9.16. The molecule has 4 aromatic heterocycles. The predicted molar refractivity (Wildman–Crippen MR) is 199 cm³/mol. The third kappa shape index (κ3) is 4.50. The van der Waals surface area contributed by atoms with Crippen molar-refractivity contribution in [2.75, 3.05) is 0 Å². The highest BCUT2D eigenvalue weighted by Crippen LogP contribution is 2.43. The smallest absolute Gasteiger partial charge is 0.180 e. The Hall–Kier alpha value is -6.92. The molecule has 6 heteroatoms. The minimum Gasteiger partial charge on any atom is -0.452 e. The molecule has 10 rings (SSSR count). The van der Waals surface area contributed by atoms with E-state index >= 15 is 0 Å². The van der Waals surface area contributed by atoms with Gasteiger partial charge in [0.15, 0.2) is 22.8 Å². The first-order valence-corrected chi connectivity index (χ1v) is 16.5. The van der Waals surface area contributed by atoms with Crippen LogP contribution in [-0.4, -0.2) is 19.9 Å². The van der Waals surface area contributed by atoms with E-state index in [1.54, 1.807) is 0 Å². The maximum absolute atomic E-state index is 6.52. The molecule has 4 heterocycles. The molecule has 0 aliphatic carbocycles. The first-order valence-electron chi connectivity index (χ1n) is 16.5. The first-order chi connectivity index (χ1) is 24.8. The minimum absolute atomic E-state index is 0.606. The van der Waals surface area contributed by atoms with Gasteiger partial charge >= 0.3 is 0 Å². The van der Waals surface area contributed by atoms with Crippen molar-refractivity contribution in [3.63, 3.8) is 0 Å². The maximum atomic E-state index is 6.52. The zero-order valence-electron chi connectivity index (χ0n) is 26.6. The molecule has 10 aromatic rings. The van der Waals surface area contributed by atoms with Crippen molar-refractivity contribution < 1.29 is 8.83 Å². The lowest BCUT2D eigenvalue weighted by molar-refractivity contribution is 0.667. The van der Waals surface area contributed by atoms with Gasteiger partial charge in [0.25, 0.3) is 0 Å². The quantitative estimate of drug-likeness (QED) is 0.186. The van der Waals surface area contributed by atoms with Gasteiger partial charge in [-0.2, -0.15) is 0 Å². The first kappa shape index (κ1) is 28.1. The Kier molecular flexibility index (Phi) is 6.39. The molecule has 0 saturated carbocycles. The van der Waals surface area contributed by atoms with E-state index in [9.17, 15) is 0 Å². The molecule has 0 unspecified atom stereocenters. The van der Waals surface area contributed by atoms with E-state index in [0.717, 1.165) is 77.7 Å². The third-order valence-corrected chi connectivity index (χ3v) is 9.16. The van der Waals surface area contributed by atoms with Crippen LogP contribution in [0.25, 0.3) is 101 Å². The predicted octanol–water partition coefficient (Wildman–Crippen LogP) is 11.4. The average molecular weight is 643 g/mol. The average Bonchev–Trinajstić information content (AvgIpc) is 3.76. The molecule has 0 amide bonds. The number of hydrogen-bond donors (Lipinski definition) is 0. The fraction of sp³-hybridized carbons (Fsp3) is 0. The molecular weight excluding hydrogens is 617 g/mol. The van der Waals surface area contributed by atoms with E-state index in [-0.39, 0.29) is 0 Å². The van der Waals surface area contributed by atoms with E-state index in [1.807, 2.05) is 121 Å². The Labute approximate surface area is 286 Å². The van der Waals surface area contributed by atoms with E-state index in [1.165, 1.54) is 0 Å². The summed E-state index contributed by atoms with van der Waals surface area (Å²) in [4.78, 5) is 20.6. The van der Waals surface area contributed by atoms with Gasteiger partial charge in [0.2, 0.25) is 0 Å². The number of hydrogen-bond acceptors (Lipinski definition) is 6. The van der Waals surface area contributed by atoms with Gasteiger partial charge in [-0.1, -0.05) is 133 Å². The molecule has 0 saturated heterocycles. The van der Waals surface area contributed by atoms with Crippen molar-refractivity contribution >= 4 is 44.1 Å². The molecule has 0 atom stereocenters. The zero-order chi connectivity index (χ0) is 33.0. The van der Waals surface area contributed by atoms with Gasteiger partial charge in [0.1, 0.15) is 33.6 Å². The lowest BCUT2D eigenvalue weighted by Crippen LogP contribution is -1.98. The summed E-state index contributed by atoms with van der Waals surface area (Å²) in [6, 6.07) is 52.8. The largest absolute Gasteiger partial charge is 0.452 e.